The number of methoxy groups -OCH3 is 1. The van der Waals surface area contributed by atoms with E-state index < -0.39 is 47.6 Å². The van der Waals surface area contributed by atoms with Crippen molar-refractivity contribution >= 4 is 23.0 Å². The maximum atomic E-state index is 13.5. The summed E-state index contributed by atoms with van der Waals surface area (Å²) in [5.41, 5.74) is -0.489. The smallest absolute Gasteiger partial charge is 0.451 e. The Balaban J connectivity index is 1.54. The summed E-state index contributed by atoms with van der Waals surface area (Å²) in [6.45, 7) is -0.731. The molecule has 1 aliphatic rings. The number of pyridine rings is 1. The molecule has 0 spiro atoms. The average molecular weight is 563 g/mol. The molecule has 0 saturated carbocycles. The predicted octanol–water partition coefficient (Wildman–Crippen LogP) is 4.46. The molecule has 4 aromatic heterocycles. The first kappa shape index (κ1) is 27.0. The van der Waals surface area contributed by atoms with Crippen LogP contribution in [0.15, 0.2) is 36.8 Å². The number of nitrogens with zero attached hydrogens (tertiary/aromatic N) is 7. The van der Waals surface area contributed by atoms with E-state index in [2.05, 4.69) is 24.9 Å². The predicted molar refractivity (Wildman–Crippen MR) is 128 cm³/mol. The molecule has 0 radical (unpaired) electrons. The number of carbonyl (C=O) groups is 1. The van der Waals surface area contributed by atoms with Crippen molar-refractivity contribution in [3.63, 3.8) is 0 Å². The second-order valence-corrected chi connectivity index (χ2v) is 8.78. The van der Waals surface area contributed by atoms with Gasteiger partial charge in [-0.25, -0.2) is 19.9 Å². The van der Waals surface area contributed by atoms with E-state index in [0.717, 1.165) is 4.90 Å². The molecular weight excluding hydrogens is 544 g/mol. The molecule has 1 aliphatic heterocycles. The van der Waals surface area contributed by atoms with E-state index in [-0.39, 0.29) is 18.8 Å². The number of carbonyl (C=O) groups excluding carboxylic acids is 1. The van der Waals surface area contributed by atoms with Crippen LogP contribution in [-0.2, 0) is 37.2 Å². The Morgan fingerprint density at radius 3 is 2.48 bits per heavy atom. The Morgan fingerprint density at radius 1 is 1.05 bits per heavy atom. The van der Waals surface area contributed by atoms with E-state index in [9.17, 15) is 31.1 Å². The van der Waals surface area contributed by atoms with Crippen LogP contribution in [0.25, 0.3) is 28.5 Å². The number of ether oxygens (including phenoxy) is 1. The zero-order valence-electron chi connectivity index (χ0n) is 20.9. The molecule has 0 N–H and O–H groups in total. The molecule has 0 fully saturated rings. The van der Waals surface area contributed by atoms with Gasteiger partial charge in [0.2, 0.25) is 17.6 Å². The minimum atomic E-state index is -5.20. The molecule has 0 atom stereocenters. The summed E-state index contributed by atoms with van der Waals surface area (Å²) < 4.78 is 87.4. The lowest BCUT2D eigenvalue weighted by Gasteiger charge is -2.29. The van der Waals surface area contributed by atoms with E-state index in [1.54, 1.807) is 36.0 Å². The lowest BCUT2D eigenvalue weighted by molar-refractivity contribution is -0.153. The standard InChI is InChI=1S/C25H19F6N7O2/c1-37-19(15-5-3-4-9-32-15)14(18-21(37)33-12-34-22(18)40-2)6-7-17(39)38-10-8-13-16(11-38)35-23(25(29,30)31)36-20(13)24(26,27)28/h3-7,9,12H,8,10-11H2,1-2H3/b7-6+. The van der Waals surface area contributed by atoms with E-state index in [4.69, 9.17) is 4.74 Å². The Labute approximate surface area is 222 Å². The van der Waals surface area contributed by atoms with Gasteiger partial charge in [0.1, 0.15) is 12.0 Å². The van der Waals surface area contributed by atoms with Gasteiger partial charge in [-0.05, 0) is 24.6 Å². The van der Waals surface area contributed by atoms with Crippen LogP contribution in [0.1, 0.15) is 28.3 Å². The zero-order valence-corrected chi connectivity index (χ0v) is 20.9. The Hall–Kier alpha value is -4.56. The molecule has 5 heterocycles. The van der Waals surface area contributed by atoms with Crippen molar-refractivity contribution < 1.29 is 35.9 Å². The number of hydrogen-bond acceptors (Lipinski definition) is 7. The first-order valence-electron chi connectivity index (χ1n) is 11.7. The van der Waals surface area contributed by atoms with Crippen LogP contribution >= 0.6 is 0 Å². The Kier molecular flexibility index (Phi) is 6.67. The summed E-state index contributed by atoms with van der Waals surface area (Å²) in [4.78, 5) is 33.2. The fourth-order valence-electron chi connectivity index (χ4n) is 4.63. The van der Waals surface area contributed by atoms with E-state index in [0.29, 0.717) is 28.0 Å². The fourth-order valence-corrected chi connectivity index (χ4v) is 4.63. The summed E-state index contributed by atoms with van der Waals surface area (Å²) in [6, 6.07) is 5.27. The van der Waals surface area contributed by atoms with Crippen LogP contribution < -0.4 is 4.74 Å². The van der Waals surface area contributed by atoms with E-state index >= 15 is 0 Å². The second-order valence-electron chi connectivity index (χ2n) is 8.78. The third-order valence-corrected chi connectivity index (χ3v) is 6.36. The molecule has 5 rings (SSSR count). The van der Waals surface area contributed by atoms with Gasteiger partial charge in [-0.3, -0.25) is 9.78 Å². The Morgan fingerprint density at radius 2 is 1.82 bits per heavy atom. The van der Waals surface area contributed by atoms with Gasteiger partial charge in [0, 0.05) is 37.0 Å². The number of hydrogen-bond donors (Lipinski definition) is 0. The third-order valence-electron chi connectivity index (χ3n) is 6.36. The van der Waals surface area contributed by atoms with Crippen molar-refractivity contribution in [2.45, 2.75) is 25.3 Å². The summed E-state index contributed by atoms with van der Waals surface area (Å²) in [5.74, 6) is -2.32. The van der Waals surface area contributed by atoms with Crippen LogP contribution in [0, 0.1) is 0 Å². The molecule has 0 aromatic carbocycles. The van der Waals surface area contributed by atoms with Crippen LogP contribution in [-0.4, -0.2) is 53.9 Å². The number of halogens is 6. The highest BCUT2D eigenvalue weighted by Crippen LogP contribution is 2.38. The van der Waals surface area contributed by atoms with Crippen LogP contribution in [0.2, 0.25) is 0 Å². The fraction of sp³-hybridized carbons (Fsp3) is 0.280. The number of aryl methyl sites for hydroxylation is 1. The van der Waals surface area contributed by atoms with Crippen molar-refractivity contribution in [3.05, 3.63) is 65.1 Å². The van der Waals surface area contributed by atoms with Crippen molar-refractivity contribution in [3.8, 4) is 17.3 Å². The summed E-state index contributed by atoms with van der Waals surface area (Å²) in [6.07, 6.45) is -5.12. The maximum Gasteiger partial charge on any atom is 0.451 e. The van der Waals surface area contributed by atoms with Gasteiger partial charge in [0.25, 0.3) is 0 Å². The molecule has 0 aliphatic carbocycles. The van der Waals surface area contributed by atoms with Crippen LogP contribution in [0.4, 0.5) is 26.3 Å². The largest absolute Gasteiger partial charge is 0.480 e. The third kappa shape index (κ3) is 4.82. The topological polar surface area (TPSA) is 98.9 Å². The van der Waals surface area contributed by atoms with Gasteiger partial charge >= 0.3 is 12.4 Å². The minimum Gasteiger partial charge on any atom is -0.480 e. The number of alkyl halides is 6. The number of amides is 1. The number of rotatable bonds is 4. The lowest BCUT2D eigenvalue weighted by atomic mass is 10.0. The Bertz CT molecular complexity index is 1630. The van der Waals surface area contributed by atoms with Gasteiger partial charge in [0.05, 0.1) is 36.1 Å². The van der Waals surface area contributed by atoms with Gasteiger partial charge in [-0.15, -0.1) is 0 Å². The number of fused-ring (bicyclic) bond motifs is 2. The monoisotopic (exact) mass is 563 g/mol. The van der Waals surface area contributed by atoms with Crippen molar-refractivity contribution in [2.75, 3.05) is 13.7 Å². The molecule has 0 saturated heterocycles. The van der Waals surface area contributed by atoms with Gasteiger partial charge in [0.15, 0.2) is 5.69 Å². The first-order valence-corrected chi connectivity index (χ1v) is 11.7. The quantitative estimate of drug-likeness (QED) is 0.267. The molecular formula is C25H19F6N7O2. The highest BCUT2D eigenvalue weighted by Gasteiger charge is 2.43. The van der Waals surface area contributed by atoms with Crippen molar-refractivity contribution in [1.82, 2.24) is 34.4 Å². The molecule has 9 nitrogen and oxygen atoms in total. The zero-order chi connectivity index (χ0) is 28.8. The first-order chi connectivity index (χ1) is 18.9. The van der Waals surface area contributed by atoms with Gasteiger partial charge < -0.3 is 14.2 Å². The lowest BCUT2D eigenvalue weighted by Crippen LogP contribution is -2.37. The molecule has 15 heteroatoms. The normalized spacial score (nSPS) is 14.2. The molecule has 1 amide bonds. The molecule has 0 unspecified atom stereocenters. The van der Waals surface area contributed by atoms with E-state index in [1.165, 1.54) is 25.6 Å². The van der Waals surface area contributed by atoms with Crippen molar-refractivity contribution in [2.24, 2.45) is 7.05 Å². The van der Waals surface area contributed by atoms with Gasteiger partial charge in [-0.1, -0.05) is 6.07 Å². The van der Waals surface area contributed by atoms with Crippen LogP contribution in [0.5, 0.6) is 5.88 Å². The average Bonchev–Trinajstić information content (AvgIpc) is 3.21. The highest BCUT2D eigenvalue weighted by molar-refractivity contribution is 6.01. The molecule has 40 heavy (non-hydrogen) atoms. The van der Waals surface area contributed by atoms with Crippen molar-refractivity contribution in [1.29, 1.82) is 0 Å². The minimum absolute atomic E-state index is 0.178. The molecule has 0 bridgehead atoms. The second kappa shape index (κ2) is 9.88. The SMILES string of the molecule is COc1ncnc2c1c(/C=C/C(=O)N1CCc3c(nc(C(F)(F)F)nc3C(F)(F)F)C1)c(-c1ccccn1)n2C. The summed E-state index contributed by atoms with van der Waals surface area (Å²) in [5, 5.41) is 0.485. The molecule has 4 aromatic rings. The van der Waals surface area contributed by atoms with Crippen LogP contribution in [0.3, 0.4) is 0 Å². The van der Waals surface area contributed by atoms with Gasteiger partial charge in [-0.2, -0.15) is 26.3 Å². The summed E-state index contributed by atoms with van der Waals surface area (Å²) >= 11 is 0. The van der Waals surface area contributed by atoms with E-state index in [1.807, 2.05) is 0 Å². The maximum absolute atomic E-state index is 13.5. The summed E-state index contributed by atoms with van der Waals surface area (Å²) in [7, 11) is 3.17. The molecule has 208 valence electrons. The highest BCUT2D eigenvalue weighted by atomic mass is 19.4. The number of aromatic nitrogens is 6.